The fraction of sp³-hybridized carbons (Fsp3) is 0.304. The number of hydrogen-bond acceptors (Lipinski definition) is 10. The number of fused-ring (bicyclic) bond motifs is 1. The van der Waals surface area contributed by atoms with Crippen LogP contribution in [0.15, 0.2) is 34.2 Å². The number of methoxy groups -OCH3 is 2. The highest BCUT2D eigenvalue weighted by Gasteiger charge is 2.27. The number of thiophene rings is 1. The summed E-state index contributed by atoms with van der Waals surface area (Å²) in [5, 5.41) is 8.15. The van der Waals surface area contributed by atoms with Crippen molar-refractivity contribution in [1.82, 2.24) is 14.9 Å². The topological polar surface area (TPSA) is 109 Å². The normalized spacial score (nSPS) is 12.5. The number of esters is 1. The monoisotopic (exact) mass is 560 g/mol. The molecule has 0 saturated carbocycles. The number of benzene rings is 1. The van der Waals surface area contributed by atoms with Crippen molar-refractivity contribution in [2.75, 3.05) is 56.9 Å². The molecule has 35 heavy (non-hydrogen) atoms. The first-order valence-corrected chi connectivity index (χ1v) is 12.4. The summed E-state index contributed by atoms with van der Waals surface area (Å²) >= 11 is 4.72. The molecule has 4 rings (SSSR count). The molecular formula is C23H25BrN6O4S. The number of hydrogen-bond donors (Lipinski definition) is 2. The first-order chi connectivity index (χ1) is 16.8. The quantitative estimate of drug-likeness (QED) is 0.394. The van der Waals surface area contributed by atoms with Gasteiger partial charge in [-0.25, -0.2) is 9.78 Å². The highest BCUT2D eigenvalue weighted by atomic mass is 79.9. The molecule has 3 heterocycles. The average Bonchev–Trinajstić information content (AvgIpc) is 3.46. The zero-order chi connectivity index (χ0) is 25.1. The molecule has 1 aliphatic rings. The van der Waals surface area contributed by atoms with Crippen LogP contribution in [0.2, 0.25) is 0 Å². The summed E-state index contributed by atoms with van der Waals surface area (Å²) in [7, 11) is 6.68. The third kappa shape index (κ3) is 5.39. The molecule has 1 aliphatic heterocycles. The highest BCUT2D eigenvalue weighted by Crippen LogP contribution is 2.39. The summed E-state index contributed by atoms with van der Waals surface area (Å²) in [5.74, 6) is 1.01. The van der Waals surface area contributed by atoms with Crippen molar-refractivity contribution in [1.29, 1.82) is 0 Å². The average molecular weight is 561 g/mol. The number of nitrogens with zero attached hydrogens (tertiary/aromatic N) is 4. The van der Waals surface area contributed by atoms with Crippen LogP contribution in [0.3, 0.4) is 0 Å². The number of anilines is 5. The van der Waals surface area contributed by atoms with E-state index < -0.39 is 5.97 Å². The van der Waals surface area contributed by atoms with Crippen LogP contribution >= 0.6 is 27.3 Å². The van der Waals surface area contributed by atoms with Crippen molar-refractivity contribution in [3.05, 3.63) is 44.7 Å². The van der Waals surface area contributed by atoms with Crippen molar-refractivity contribution in [2.24, 2.45) is 0 Å². The number of likely N-dealkylation sites (N-methyl/N-ethyl adjacent to an activating group) is 1. The van der Waals surface area contributed by atoms with E-state index in [1.165, 1.54) is 18.4 Å². The molecule has 10 nitrogen and oxygen atoms in total. The Morgan fingerprint density at radius 3 is 2.74 bits per heavy atom. The Morgan fingerprint density at radius 2 is 2.03 bits per heavy atom. The Labute approximate surface area is 215 Å². The first kappa shape index (κ1) is 24.9. The Kier molecular flexibility index (Phi) is 7.53. The SMILES string of the molecule is COC(=O)c1sccc1Nc1nc(Nc2cc3c(cc2OC)CCN3C(=O)CN(C)C)ncc1Br. The first-order valence-electron chi connectivity index (χ1n) is 10.7. The van der Waals surface area contributed by atoms with Crippen LogP contribution in [0, 0.1) is 0 Å². The lowest BCUT2D eigenvalue weighted by atomic mass is 10.1. The molecule has 3 aromatic rings. The molecular weight excluding hydrogens is 536 g/mol. The lowest BCUT2D eigenvalue weighted by Crippen LogP contribution is -2.36. The molecule has 0 aliphatic carbocycles. The van der Waals surface area contributed by atoms with Crippen LogP contribution in [0.25, 0.3) is 0 Å². The molecule has 184 valence electrons. The number of carbonyl (C=O) groups is 2. The summed E-state index contributed by atoms with van der Waals surface area (Å²) in [6, 6.07) is 5.61. The second-order valence-electron chi connectivity index (χ2n) is 8.01. The number of ether oxygens (including phenoxy) is 2. The smallest absolute Gasteiger partial charge is 0.350 e. The molecule has 0 fully saturated rings. The number of aromatic nitrogens is 2. The molecule has 2 aromatic heterocycles. The van der Waals surface area contributed by atoms with Gasteiger partial charge in [-0.05, 0) is 65.6 Å². The Bertz CT molecular complexity index is 1260. The summed E-state index contributed by atoms with van der Waals surface area (Å²) in [6.45, 7) is 0.954. The number of rotatable bonds is 8. The van der Waals surface area contributed by atoms with E-state index in [2.05, 4.69) is 36.5 Å². The molecule has 1 aromatic carbocycles. The van der Waals surface area contributed by atoms with E-state index in [0.717, 1.165) is 17.7 Å². The largest absolute Gasteiger partial charge is 0.495 e. The van der Waals surface area contributed by atoms with Crippen LogP contribution < -0.4 is 20.3 Å². The Hall–Kier alpha value is -3.22. The Morgan fingerprint density at radius 1 is 1.23 bits per heavy atom. The van der Waals surface area contributed by atoms with E-state index in [9.17, 15) is 9.59 Å². The predicted molar refractivity (Wildman–Crippen MR) is 140 cm³/mol. The van der Waals surface area contributed by atoms with E-state index in [1.54, 1.807) is 29.7 Å². The second-order valence-corrected chi connectivity index (χ2v) is 9.78. The maximum atomic E-state index is 12.7. The van der Waals surface area contributed by atoms with E-state index in [0.29, 0.717) is 51.3 Å². The lowest BCUT2D eigenvalue weighted by Gasteiger charge is -2.21. The molecule has 0 saturated heterocycles. The standard InChI is InChI=1S/C23H25BrN6O4S/c1-29(2)12-19(31)30-7-5-13-9-18(33-3)16(10-17(13)30)27-23-25-11-14(24)21(28-23)26-15-6-8-35-20(15)22(32)34-4/h6,8-11H,5,7,12H2,1-4H3,(H2,25,26,27,28). The van der Waals surface area contributed by atoms with E-state index in [-0.39, 0.29) is 5.91 Å². The Balaban J connectivity index is 1.62. The number of carbonyl (C=O) groups excluding carboxylic acids is 2. The number of amides is 1. The summed E-state index contributed by atoms with van der Waals surface area (Å²) < 4.78 is 11.1. The van der Waals surface area contributed by atoms with Gasteiger partial charge in [-0.1, -0.05) is 0 Å². The van der Waals surface area contributed by atoms with Crippen LogP contribution in [0.4, 0.5) is 28.8 Å². The molecule has 12 heteroatoms. The van der Waals surface area contributed by atoms with Crippen LogP contribution in [0.5, 0.6) is 5.75 Å². The van der Waals surface area contributed by atoms with Crippen LogP contribution in [-0.2, 0) is 16.0 Å². The van der Waals surface area contributed by atoms with Crippen molar-refractivity contribution in [2.45, 2.75) is 6.42 Å². The molecule has 0 atom stereocenters. The maximum absolute atomic E-state index is 12.7. The zero-order valence-corrected chi connectivity index (χ0v) is 22.1. The van der Waals surface area contributed by atoms with Crippen molar-refractivity contribution < 1.29 is 19.1 Å². The maximum Gasteiger partial charge on any atom is 0.350 e. The summed E-state index contributed by atoms with van der Waals surface area (Å²) in [5.41, 5.74) is 3.11. The molecule has 0 spiro atoms. The number of nitrogens with one attached hydrogen (secondary N) is 2. The van der Waals surface area contributed by atoms with Crippen molar-refractivity contribution in [3.63, 3.8) is 0 Å². The molecule has 0 bridgehead atoms. The molecule has 0 radical (unpaired) electrons. The van der Waals surface area contributed by atoms with Gasteiger partial charge in [0.2, 0.25) is 11.9 Å². The fourth-order valence-electron chi connectivity index (χ4n) is 3.72. The van der Waals surface area contributed by atoms with Crippen molar-refractivity contribution >= 4 is 68.0 Å². The van der Waals surface area contributed by atoms with Gasteiger partial charge in [-0.15, -0.1) is 11.3 Å². The van der Waals surface area contributed by atoms with Gasteiger partial charge >= 0.3 is 5.97 Å². The summed E-state index contributed by atoms with van der Waals surface area (Å²) in [4.78, 5) is 37.8. The molecule has 0 unspecified atom stereocenters. The van der Waals surface area contributed by atoms with Crippen LogP contribution in [0.1, 0.15) is 15.2 Å². The minimum Gasteiger partial charge on any atom is -0.495 e. The van der Waals surface area contributed by atoms with Gasteiger partial charge in [0.1, 0.15) is 16.4 Å². The van der Waals surface area contributed by atoms with Gasteiger partial charge in [-0.3, -0.25) is 4.79 Å². The lowest BCUT2D eigenvalue weighted by molar-refractivity contribution is -0.119. The second kappa shape index (κ2) is 10.6. The molecule has 2 N–H and O–H groups in total. The van der Waals surface area contributed by atoms with Gasteiger partial charge in [0, 0.05) is 18.4 Å². The predicted octanol–water partition coefficient (Wildman–Crippen LogP) is 4.03. The fourth-order valence-corrected chi connectivity index (χ4v) is 4.77. The third-order valence-corrected chi connectivity index (χ3v) is 6.80. The van der Waals surface area contributed by atoms with Gasteiger partial charge < -0.3 is 29.9 Å². The van der Waals surface area contributed by atoms with Gasteiger partial charge in [-0.2, -0.15) is 4.98 Å². The van der Waals surface area contributed by atoms with E-state index in [1.807, 2.05) is 31.1 Å². The van der Waals surface area contributed by atoms with Gasteiger partial charge in [0.25, 0.3) is 0 Å². The highest BCUT2D eigenvalue weighted by molar-refractivity contribution is 9.10. The summed E-state index contributed by atoms with van der Waals surface area (Å²) in [6.07, 6.45) is 2.37. The minimum absolute atomic E-state index is 0.0356. The zero-order valence-electron chi connectivity index (χ0n) is 19.7. The van der Waals surface area contributed by atoms with Crippen molar-refractivity contribution in [3.8, 4) is 5.75 Å². The van der Waals surface area contributed by atoms with Crippen LogP contribution in [-0.4, -0.2) is 68.1 Å². The van der Waals surface area contributed by atoms with Gasteiger partial charge in [0.15, 0.2) is 0 Å². The minimum atomic E-state index is -0.428. The van der Waals surface area contributed by atoms with Gasteiger partial charge in [0.05, 0.1) is 36.6 Å². The number of halogens is 1. The third-order valence-electron chi connectivity index (χ3n) is 5.33. The van der Waals surface area contributed by atoms with E-state index >= 15 is 0 Å². The van der Waals surface area contributed by atoms with E-state index in [4.69, 9.17) is 9.47 Å². The molecule has 1 amide bonds.